The zero-order chi connectivity index (χ0) is 14.7. The quantitative estimate of drug-likeness (QED) is 0.699. The van der Waals surface area contributed by atoms with Crippen LogP contribution in [0.25, 0.3) is 0 Å². The van der Waals surface area contributed by atoms with Gasteiger partial charge in [-0.25, -0.2) is 0 Å². The van der Waals surface area contributed by atoms with Gasteiger partial charge in [-0.2, -0.15) is 0 Å². The van der Waals surface area contributed by atoms with Crippen molar-refractivity contribution >= 4 is 46.1 Å². The van der Waals surface area contributed by atoms with Gasteiger partial charge in [0, 0.05) is 17.1 Å². The summed E-state index contributed by atoms with van der Waals surface area (Å²) in [4.78, 5) is 0. The van der Waals surface area contributed by atoms with Crippen LogP contribution in [0.3, 0.4) is 0 Å². The first-order valence-corrected chi connectivity index (χ1v) is 8.36. The van der Waals surface area contributed by atoms with Crippen LogP contribution in [0.1, 0.15) is 31.0 Å². The first-order chi connectivity index (χ1) is 9.45. The lowest BCUT2D eigenvalue weighted by molar-refractivity contribution is 0.478. The molecule has 2 atom stereocenters. The molecule has 20 heavy (non-hydrogen) atoms. The largest absolute Gasteiger partial charge is 0.307 e. The number of hydrogen-bond acceptors (Lipinski definition) is 2. The Morgan fingerprint density at radius 1 is 1.15 bits per heavy atom. The van der Waals surface area contributed by atoms with E-state index in [2.05, 4.69) is 25.2 Å². The van der Waals surface area contributed by atoms with Gasteiger partial charge in [0.05, 0.1) is 8.67 Å². The molecule has 1 aromatic carbocycles. The van der Waals surface area contributed by atoms with Gasteiger partial charge in [-0.1, -0.05) is 46.9 Å². The zero-order valence-corrected chi connectivity index (χ0v) is 14.4. The molecular weight excluding hydrogens is 333 g/mol. The van der Waals surface area contributed by atoms with E-state index in [1.807, 2.05) is 24.3 Å². The highest BCUT2D eigenvalue weighted by molar-refractivity contribution is 7.20. The summed E-state index contributed by atoms with van der Waals surface area (Å²) >= 11 is 19.6. The number of nitrogens with one attached hydrogen (secondary N) is 1. The molecule has 0 radical (unpaired) electrons. The van der Waals surface area contributed by atoms with Crippen LogP contribution >= 0.6 is 46.1 Å². The number of hydrogen-bond donors (Lipinski definition) is 1. The molecule has 0 saturated carbocycles. The molecule has 108 valence electrons. The van der Waals surface area contributed by atoms with Gasteiger partial charge in [-0.3, -0.25) is 0 Å². The number of halogens is 3. The molecule has 2 rings (SSSR count). The fourth-order valence-corrected chi connectivity index (χ4v) is 4.10. The van der Waals surface area contributed by atoms with Crippen LogP contribution in [0, 0.1) is 0 Å². The van der Waals surface area contributed by atoms with Crippen molar-refractivity contribution in [1.82, 2.24) is 5.32 Å². The Balaban J connectivity index is 1.97. The van der Waals surface area contributed by atoms with Crippen LogP contribution in [0.15, 0.2) is 30.3 Å². The predicted molar refractivity (Wildman–Crippen MR) is 90.5 cm³/mol. The Morgan fingerprint density at radius 3 is 2.50 bits per heavy atom. The molecule has 0 saturated heterocycles. The van der Waals surface area contributed by atoms with Crippen molar-refractivity contribution in [3.05, 3.63) is 55.2 Å². The standard InChI is InChI=1S/C15H16Cl3NS/c1-9(6-11-4-3-5-12(16)7-11)19-10(2)13-8-14(17)20-15(13)18/h3-5,7-10,19H,6H2,1-2H3. The van der Waals surface area contributed by atoms with Gasteiger partial charge in [-0.15, -0.1) is 11.3 Å². The lowest BCUT2D eigenvalue weighted by Crippen LogP contribution is -2.30. The molecule has 2 unspecified atom stereocenters. The Morgan fingerprint density at radius 2 is 1.90 bits per heavy atom. The Bertz CT molecular complexity index is 582. The van der Waals surface area contributed by atoms with Crippen molar-refractivity contribution in [1.29, 1.82) is 0 Å². The Hall–Kier alpha value is -0.250. The van der Waals surface area contributed by atoms with E-state index in [0.717, 1.165) is 25.7 Å². The van der Waals surface area contributed by atoms with Crippen LogP contribution in [0.5, 0.6) is 0 Å². The lowest BCUT2D eigenvalue weighted by atomic mass is 10.1. The van der Waals surface area contributed by atoms with E-state index in [-0.39, 0.29) is 6.04 Å². The third-order valence-electron chi connectivity index (χ3n) is 3.11. The van der Waals surface area contributed by atoms with E-state index in [1.54, 1.807) is 0 Å². The van der Waals surface area contributed by atoms with E-state index >= 15 is 0 Å². The molecule has 0 bridgehead atoms. The molecule has 1 N–H and O–H groups in total. The van der Waals surface area contributed by atoms with Crippen molar-refractivity contribution in [3.63, 3.8) is 0 Å². The summed E-state index contributed by atoms with van der Waals surface area (Å²) in [5, 5.41) is 4.31. The summed E-state index contributed by atoms with van der Waals surface area (Å²) in [6.07, 6.45) is 0.917. The van der Waals surface area contributed by atoms with Gasteiger partial charge in [0.2, 0.25) is 0 Å². The Kier molecular flexibility index (Phi) is 5.76. The molecule has 0 amide bonds. The average Bonchev–Trinajstić information content (AvgIpc) is 2.68. The maximum atomic E-state index is 6.18. The van der Waals surface area contributed by atoms with Crippen LogP contribution in [0.4, 0.5) is 0 Å². The number of benzene rings is 1. The summed E-state index contributed by atoms with van der Waals surface area (Å²) < 4.78 is 1.48. The maximum Gasteiger partial charge on any atom is 0.0991 e. The molecule has 0 aliphatic carbocycles. The highest BCUT2D eigenvalue weighted by atomic mass is 35.5. The average molecular weight is 349 g/mol. The predicted octanol–water partition coefficient (Wildman–Crippen LogP) is 5.99. The van der Waals surface area contributed by atoms with Crippen molar-refractivity contribution < 1.29 is 0 Å². The monoisotopic (exact) mass is 347 g/mol. The molecule has 0 aliphatic rings. The van der Waals surface area contributed by atoms with E-state index in [4.69, 9.17) is 34.8 Å². The maximum absolute atomic E-state index is 6.18. The molecule has 1 nitrogen and oxygen atoms in total. The molecule has 0 fully saturated rings. The molecule has 1 aromatic heterocycles. The fraction of sp³-hybridized carbons (Fsp3) is 0.333. The molecule has 5 heteroatoms. The van der Waals surface area contributed by atoms with E-state index < -0.39 is 0 Å². The van der Waals surface area contributed by atoms with Crippen LogP contribution in [-0.4, -0.2) is 6.04 Å². The van der Waals surface area contributed by atoms with Crippen molar-refractivity contribution in [3.8, 4) is 0 Å². The second-order valence-electron chi connectivity index (χ2n) is 4.90. The summed E-state index contributed by atoms with van der Waals surface area (Å²) in [6.45, 7) is 4.25. The SMILES string of the molecule is CC(Cc1cccc(Cl)c1)NC(C)c1cc(Cl)sc1Cl. The Labute approximate surface area is 138 Å². The van der Waals surface area contributed by atoms with Gasteiger partial charge in [0.1, 0.15) is 0 Å². The number of rotatable bonds is 5. The van der Waals surface area contributed by atoms with Gasteiger partial charge in [0.15, 0.2) is 0 Å². The third-order valence-corrected chi connectivity index (χ3v) is 4.87. The topological polar surface area (TPSA) is 12.0 Å². The zero-order valence-electron chi connectivity index (χ0n) is 11.3. The first kappa shape index (κ1) is 16.1. The van der Waals surface area contributed by atoms with Crippen LogP contribution in [0.2, 0.25) is 13.7 Å². The second-order valence-corrected chi connectivity index (χ2v) is 7.63. The molecule has 0 aliphatic heterocycles. The summed E-state index contributed by atoms with van der Waals surface area (Å²) in [5.74, 6) is 0. The summed E-state index contributed by atoms with van der Waals surface area (Å²) in [6, 6.07) is 10.4. The van der Waals surface area contributed by atoms with Crippen molar-refractivity contribution in [2.45, 2.75) is 32.4 Å². The second kappa shape index (κ2) is 7.15. The van der Waals surface area contributed by atoms with E-state index in [0.29, 0.717) is 6.04 Å². The highest BCUT2D eigenvalue weighted by Gasteiger charge is 2.15. The molecular formula is C15H16Cl3NS. The van der Waals surface area contributed by atoms with Gasteiger partial charge >= 0.3 is 0 Å². The van der Waals surface area contributed by atoms with Gasteiger partial charge < -0.3 is 5.32 Å². The van der Waals surface area contributed by atoms with E-state index in [1.165, 1.54) is 16.9 Å². The minimum absolute atomic E-state index is 0.167. The summed E-state index contributed by atoms with van der Waals surface area (Å²) in [7, 11) is 0. The molecule has 0 spiro atoms. The fourth-order valence-electron chi connectivity index (χ4n) is 2.24. The number of thiophene rings is 1. The molecule has 1 heterocycles. The minimum atomic E-state index is 0.167. The van der Waals surface area contributed by atoms with Crippen LogP contribution < -0.4 is 5.32 Å². The normalized spacial score (nSPS) is 14.2. The van der Waals surface area contributed by atoms with Crippen LogP contribution in [-0.2, 0) is 6.42 Å². The first-order valence-electron chi connectivity index (χ1n) is 6.41. The smallest absolute Gasteiger partial charge is 0.0991 e. The third kappa shape index (κ3) is 4.37. The van der Waals surface area contributed by atoms with Gasteiger partial charge in [-0.05, 0) is 49.6 Å². The molecule has 2 aromatic rings. The summed E-state index contributed by atoms with van der Waals surface area (Å²) in [5.41, 5.74) is 2.28. The van der Waals surface area contributed by atoms with Gasteiger partial charge in [0.25, 0.3) is 0 Å². The lowest BCUT2D eigenvalue weighted by Gasteiger charge is -2.20. The van der Waals surface area contributed by atoms with Crippen molar-refractivity contribution in [2.75, 3.05) is 0 Å². The minimum Gasteiger partial charge on any atom is -0.307 e. The van der Waals surface area contributed by atoms with Crippen molar-refractivity contribution in [2.24, 2.45) is 0 Å². The highest BCUT2D eigenvalue weighted by Crippen LogP contribution is 2.35. The van der Waals surface area contributed by atoms with E-state index in [9.17, 15) is 0 Å².